The molecule has 3 N–H and O–H groups in total. The highest BCUT2D eigenvalue weighted by molar-refractivity contribution is 6.02. The number of rotatable bonds is 4. The van der Waals surface area contributed by atoms with Gasteiger partial charge in [0, 0.05) is 6.54 Å². The van der Waals surface area contributed by atoms with Crippen LogP contribution in [0.25, 0.3) is 0 Å². The zero-order valence-electron chi connectivity index (χ0n) is 8.57. The Morgan fingerprint density at radius 1 is 1.60 bits per heavy atom. The third kappa shape index (κ3) is 2.80. The zero-order chi connectivity index (χ0) is 11.4. The second-order valence-electron chi connectivity index (χ2n) is 3.54. The van der Waals surface area contributed by atoms with Crippen LogP contribution in [0.4, 0.5) is 0 Å². The molecular formula is C9H13N3O3. The van der Waals surface area contributed by atoms with Crippen LogP contribution in [0.2, 0.25) is 0 Å². The smallest absolute Gasteiger partial charge is 0.354 e. The highest BCUT2D eigenvalue weighted by atomic mass is 16.4. The van der Waals surface area contributed by atoms with E-state index in [1.54, 1.807) is 0 Å². The van der Waals surface area contributed by atoms with Gasteiger partial charge in [0.1, 0.15) is 0 Å². The van der Waals surface area contributed by atoms with Crippen LogP contribution < -0.4 is 5.32 Å². The fourth-order valence-corrected chi connectivity index (χ4v) is 1.01. The molecule has 0 saturated carbocycles. The summed E-state index contributed by atoms with van der Waals surface area (Å²) in [6.07, 6.45) is 1.19. The van der Waals surface area contributed by atoms with Crippen LogP contribution in [0.1, 0.15) is 34.8 Å². The van der Waals surface area contributed by atoms with Crippen LogP contribution >= 0.6 is 0 Å². The van der Waals surface area contributed by atoms with Crippen molar-refractivity contribution >= 4 is 11.9 Å². The Bertz CT molecular complexity index is 370. The predicted octanol–water partition coefficient (Wildman–Crippen LogP) is 0.494. The lowest BCUT2D eigenvalue weighted by Crippen LogP contribution is -2.29. The monoisotopic (exact) mass is 211 g/mol. The fraction of sp³-hybridized carbons (Fsp3) is 0.444. The van der Waals surface area contributed by atoms with Crippen molar-refractivity contribution in [1.29, 1.82) is 0 Å². The summed E-state index contributed by atoms with van der Waals surface area (Å²) in [5.41, 5.74) is -0.264. The molecule has 0 saturated heterocycles. The van der Waals surface area contributed by atoms with Crippen LogP contribution in [0.15, 0.2) is 6.33 Å². The normalized spacial score (nSPS) is 10.3. The zero-order valence-corrected chi connectivity index (χ0v) is 8.57. The number of aromatic amines is 1. The molecular weight excluding hydrogens is 198 g/mol. The van der Waals surface area contributed by atoms with E-state index in [9.17, 15) is 9.59 Å². The number of nitrogens with zero attached hydrogens (tertiary/aromatic N) is 1. The van der Waals surface area contributed by atoms with Crippen molar-refractivity contribution in [2.75, 3.05) is 6.54 Å². The summed E-state index contributed by atoms with van der Waals surface area (Å²) in [5.74, 6) is -1.36. The Kier molecular flexibility index (Phi) is 3.43. The molecule has 0 radical (unpaired) electrons. The molecule has 1 aromatic rings. The molecule has 0 fully saturated rings. The highest BCUT2D eigenvalue weighted by Gasteiger charge is 2.19. The van der Waals surface area contributed by atoms with Gasteiger partial charge in [-0.2, -0.15) is 0 Å². The van der Waals surface area contributed by atoms with Crippen LogP contribution in [0, 0.1) is 5.92 Å². The molecule has 6 nitrogen and oxygen atoms in total. The first-order valence-electron chi connectivity index (χ1n) is 4.57. The number of carboxylic acid groups (broad SMARTS) is 1. The molecule has 1 amide bonds. The predicted molar refractivity (Wildman–Crippen MR) is 52.7 cm³/mol. The molecule has 0 atom stereocenters. The first-order chi connectivity index (χ1) is 7.02. The van der Waals surface area contributed by atoms with Crippen LogP contribution in [0.3, 0.4) is 0 Å². The molecule has 0 bridgehead atoms. The highest BCUT2D eigenvalue weighted by Crippen LogP contribution is 2.02. The molecule has 0 aliphatic heterocycles. The molecule has 1 rings (SSSR count). The van der Waals surface area contributed by atoms with Crippen LogP contribution in [-0.2, 0) is 0 Å². The minimum Gasteiger partial charge on any atom is -0.477 e. The molecule has 0 aliphatic rings. The van der Waals surface area contributed by atoms with E-state index in [1.165, 1.54) is 6.33 Å². The molecule has 82 valence electrons. The van der Waals surface area contributed by atoms with Crippen LogP contribution in [-0.4, -0.2) is 33.5 Å². The summed E-state index contributed by atoms with van der Waals surface area (Å²) >= 11 is 0. The molecule has 6 heteroatoms. The Morgan fingerprint density at radius 3 is 2.80 bits per heavy atom. The molecule has 15 heavy (non-hydrogen) atoms. The maximum atomic E-state index is 11.5. The molecule has 0 spiro atoms. The number of amides is 1. The van der Waals surface area contributed by atoms with Gasteiger partial charge in [-0.25, -0.2) is 9.78 Å². The number of carbonyl (C=O) groups is 2. The lowest BCUT2D eigenvalue weighted by molar-refractivity contribution is 0.0685. The number of imidazole rings is 1. The summed E-state index contributed by atoms with van der Waals surface area (Å²) in [5, 5.41) is 11.3. The summed E-state index contributed by atoms with van der Waals surface area (Å²) in [6, 6.07) is 0. The van der Waals surface area contributed by atoms with E-state index in [2.05, 4.69) is 15.3 Å². The summed E-state index contributed by atoms with van der Waals surface area (Å²) in [6.45, 7) is 4.39. The van der Waals surface area contributed by atoms with Crippen molar-refractivity contribution in [3.05, 3.63) is 17.7 Å². The number of carboxylic acids is 1. The van der Waals surface area contributed by atoms with Crippen molar-refractivity contribution in [2.45, 2.75) is 13.8 Å². The van der Waals surface area contributed by atoms with Crippen molar-refractivity contribution in [2.24, 2.45) is 5.92 Å². The maximum absolute atomic E-state index is 11.5. The van der Waals surface area contributed by atoms with E-state index >= 15 is 0 Å². The van der Waals surface area contributed by atoms with Gasteiger partial charge in [0.15, 0.2) is 11.4 Å². The largest absolute Gasteiger partial charge is 0.477 e. The first kappa shape index (κ1) is 11.2. The van der Waals surface area contributed by atoms with E-state index in [4.69, 9.17) is 5.11 Å². The number of aromatic nitrogens is 2. The van der Waals surface area contributed by atoms with Gasteiger partial charge in [-0.3, -0.25) is 4.79 Å². The lowest BCUT2D eigenvalue weighted by Gasteiger charge is -2.05. The minimum atomic E-state index is -1.19. The van der Waals surface area contributed by atoms with E-state index in [1.807, 2.05) is 13.8 Å². The Hall–Kier alpha value is -1.85. The molecule has 0 aromatic carbocycles. The van der Waals surface area contributed by atoms with Gasteiger partial charge in [0.2, 0.25) is 0 Å². The van der Waals surface area contributed by atoms with Crippen molar-refractivity contribution in [3.8, 4) is 0 Å². The van der Waals surface area contributed by atoms with E-state index in [0.717, 1.165) is 0 Å². The minimum absolute atomic E-state index is 0.0804. The number of hydrogen-bond donors (Lipinski definition) is 3. The average molecular weight is 211 g/mol. The average Bonchev–Trinajstić information content (AvgIpc) is 2.62. The summed E-state index contributed by atoms with van der Waals surface area (Å²) < 4.78 is 0. The van der Waals surface area contributed by atoms with E-state index < -0.39 is 11.9 Å². The number of nitrogens with one attached hydrogen (secondary N) is 2. The Morgan fingerprint density at radius 2 is 2.27 bits per heavy atom. The van der Waals surface area contributed by atoms with Gasteiger partial charge in [0.25, 0.3) is 5.91 Å². The fourth-order valence-electron chi connectivity index (χ4n) is 1.01. The molecule has 0 aliphatic carbocycles. The second kappa shape index (κ2) is 4.59. The van der Waals surface area contributed by atoms with E-state index in [-0.39, 0.29) is 11.4 Å². The van der Waals surface area contributed by atoms with Gasteiger partial charge in [0.05, 0.1) is 6.33 Å². The lowest BCUT2D eigenvalue weighted by atomic mass is 10.2. The Labute approximate surface area is 86.7 Å². The van der Waals surface area contributed by atoms with Gasteiger partial charge in [-0.05, 0) is 5.92 Å². The summed E-state index contributed by atoms with van der Waals surface area (Å²) in [7, 11) is 0. The quantitative estimate of drug-likeness (QED) is 0.675. The number of H-pyrrole nitrogens is 1. The van der Waals surface area contributed by atoms with E-state index in [0.29, 0.717) is 12.5 Å². The molecule has 1 heterocycles. The van der Waals surface area contributed by atoms with Gasteiger partial charge in [-0.15, -0.1) is 0 Å². The summed E-state index contributed by atoms with van der Waals surface area (Å²) in [4.78, 5) is 28.2. The van der Waals surface area contributed by atoms with Crippen LogP contribution in [0.5, 0.6) is 0 Å². The first-order valence-corrected chi connectivity index (χ1v) is 4.57. The van der Waals surface area contributed by atoms with Crippen molar-refractivity contribution in [1.82, 2.24) is 15.3 Å². The maximum Gasteiger partial charge on any atom is 0.354 e. The third-order valence-electron chi connectivity index (χ3n) is 1.74. The number of aromatic carboxylic acids is 1. The Balaban J connectivity index is 2.73. The standard InChI is InChI=1S/C9H13N3O3/c1-5(2)3-10-8(13)6-7(9(14)15)12-4-11-6/h4-5H,3H2,1-2H3,(H,10,13)(H,11,12)(H,14,15). The van der Waals surface area contributed by atoms with Gasteiger partial charge >= 0.3 is 5.97 Å². The number of hydrogen-bond acceptors (Lipinski definition) is 3. The second-order valence-corrected chi connectivity index (χ2v) is 3.54. The SMILES string of the molecule is CC(C)CNC(=O)c1nc[nH]c1C(=O)O. The molecule has 0 unspecified atom stereocenters. The number of carbonyl (C=O) groups excluding carboxylic acids is 1. The van der Waals surface area contributed by atoms with Crippen molar-refractivity contribution < 1.29 is 14.7 Å². The molecule has 1 aromatic heterocycles. The topological polar surface area (TPSA) is 95.1 Å². The van der Waals surface area contributed by atoms with Gasteiger partial charge < -0.3 is 15.4 Å². The van der Waals surface area contributed by atoms with Crippen molar-refractivity contribution in [3.63, 3.8) is 0 Å². The van der Waals surface area contributed by atoms with Gasteiger partial charge in [-0.1, -0.05) is 13.8 Å². The third-order valence-corrected chi connectivity index (χ3v) is 1.74.